The Labute approximate surface area is 117 Å². The van der Waals surface area contributed by atoms with Crippen LogP contribution in [0.1, 0.15) is 10.6 Å². The van der Waals surface area contributed by atoms with Crippen LogP contribution in [0.25, 0.3) is 0 Å². The highest BCUT2D eigenvalue weighted by molar-refractivity contribution is 7.94. The van der Waals surface area contributed by atoms with Crippen LogP contribution in [0.5, 0.6) is 0 Å². The second kappa shape index (κ2) is 5.06. The van der Waals surface area contributed by atoms with Crippen molar-refractivity contribution < 1.29 is 21.6 Å². The van der Waals surface area contributed by atoms with Crippen molar-refractivity contribution in [2.24, 2.45) is 0 Å². The maximum atomic E-state index is 12.5. The number of aryl methyl sites for hydroxylation is 1. The summed E-state index contributed by atoms with van der Waals surface area (Å²) in [6.07, 6.45) is -4.62. The van der Waals surface area contributed by atoms with Crippen molar-refractivity contribution in [2.75, 3.05) is 4.72 Å². The molecule has 2 rings (SSSR count). The van der Waals surface area contributed by atoms with E-state index in [1.54, 1.807) is 13.0 Å². The Bertz CT molecular complexity index is 723. The van der Waals surface area contributed by atoms with E-state index in [1.165, 1.54) is 6.07 Å². The van der Waals surface area contributed by atoms with Gasteiger partial charge in [-0.05, 0) is 31.2 Å². The summed E-state index contributed by atoms with van der Waals surface area (Å²) >= 11 is 1.02. The van der Waals surface area contributed by atoms with Gasteiger partial charge in [-0.15, -0.1) is 11.3 Å². The zero-order chi connectivity index (χ0) is 15.0. The van der Waals surface area contributed by atoms with E-state index in [9.17, 15) is 21.6 Å². The third kappa shape index (κ3) is 3.28. The fourth-order valence-electron chi connectivity index (χ4n) is 1.39. The number of nitrogens with one attached hydrogen (secondary N) is 1. The monoisotopic (exact) mass is 322 g/mol. The molecule has 2 aromatic heterocycles. The van der Waals surface area contributed by atoms with E-state index in [-0.39, 0.29) is 10.0 Å². The first-order valence-corrected chi connectivity index (χ1v) is 7.62. The smallest absolute Gasteiger partial charge is 0.263 e. The van der Waals surface area contributed by atoms with Crippen molar-refractivity contribution in [1.82, 2.24) is 4.98 Å². The summed E-state index contributed by atoms with van der Waals surface area (Å²) in [6, 6.07) is 6.02. The van der Waals surface area contributed by atoms with Crippen molar-refractivity contribution in [3.8, 4) is 0 Å². The summed E-state index contributed by atoms with van der Waals surface area (Å²) in [5.41, 5.74) is -1.15. The standard InChI is InChI=1S/C11H9F3N2O2S2/c1-7-5-6-10(19-7)20(17,18)16-9-4-2-3-8(15-9)11(12,13)14/h2-6H,1H3,(H,15,16). The summed E-state index contributed by atoms with van der Waals surface area (Å²) < 4.78 is 63.4. The first-order valence-electron chi connectivity index (χ1n) is 5.32. The van der Waals surface area contributed by atoms with Crippen molar-refractivity contribution in [3.05, 3.63) is 40.9 Å². The molecular formula is C11H9F3N2O2S2. The van der Waals surface area contributed by atoms with Crippen LogP contribution in [-0.4, -0.2) is 13.4 Å². The van der Waals surface area contributed by atoms with Gasteiger partial charge in [0.2, 0.25) is 0 Å². The molecule has 0 unspecified atom stereocenters. The molecule has 0 aromatic carbocycles. The molecule has 0 bridgehead atoms. The molecule has 108 valence electrons. The summed E-state index contributed by atoms with van der Waals surface area (Å²) in [5, 5.41) is 0. The number of aromatic nitrogens is 1. The number of rotatable bonds is 3. The summed E-state index contributed by atoms with van der Waals surface area (Å²) in [7, 11) is -3.92. The van der Waals surface area contributed by atoms with Crippen molar-refractivity contribution in [3.63, 3.8) is 0 Å². The SMILES string of the molecule is Cc1ccc(S(=O)(=O)Nc2cccc(C(F)(F)F)n2)s1. The third-order valence-corrected chi connectivity index (χ3v) is 5.11. The lowest BCUT2D eigenvalue weighted by molar-refractivity contribution is -0.141. The first-order chi connectivity index (χ1) is 9.18. The molecule has 1 N–H and O–H groups in total. The molecule has 9 heteroatoms. The molecule has 0 fully saturated rings. The quantitative estimate of drug-likeness (QED) is 0.943. The molecular weight excluding hydrogens is 313 g/mol. The second-order valence-electron chi connectivity index (χ2n) is 3.88. The number of alkyl halides is 3. The average Bonchev–Trinajstić information content (AvgIpc) is 2.75. The molecule has 2 heterocycles. The fourth-order valence-corrected chi connectivity index (χ4v) is 3.68. The molecule has 2 aromatic rings. The molecule has 0 saturated heterocycles. The van der Waals surface area contributed by atoms with Gasteiger partial charge in [-0.1, -0.05) is 6.07 Å². The van der Waals surface area contributed by atoms with E-state index in [4.69, 9.17) is 0 Å². The Morgan fingerprint density at radius 1 is 1.20 bits per heavy atom. The van der Waals surface area contributed by atoms with Gasteiger partial charge in [-0.3, -0.25) is 4.72 Å². The Balaban J connectivity index is 2.31. The Morgan fingerprint density at radius 3 is 2.45 bits per heavy atom. The molecule has 0 aliphatic carbocycles. The Morgan fingerprint density at radius 2 is 1.90 bits per heavy atom. The Hall–Kier alpha value is -1.61. The van der Waals surface area contributed by atoms with Gasteiger partial charge in [-0.25, -0.2) is 13.4 Å². The number of hydrogen-bond acceptors (Lipinski definition) is 4. The van der Waals surface area contributed by atoms with Crippen LogP contribution in [0.3, 0.4) is 0 Å². The van der Waals surface area contributed by atoms with Crippen LogP contribution in [-0.2, 0) is 16.2 Å². The normalized spacial score (nSPS) is 12.4. The lowest BCUT2D eigenvalue weighted by Crippen LogP contribution is -2.15. The zero-order valence-corrected chi connectivity index (χ0v) is 11.7. The van der Waals surface area contributed by atoms with Crippen LogP contribution >= 0.6 is 11.3 Å². The summed E-state index contributed by atoms with van der Waals surface area (Å²) in [4.78, 5) is 4.03. The minimum absolute atomic E-state index is 0.0224. The highest BCUT2D eigenvalue weighted by atomic mass is 32.2. The van der Waals surface area contributed by atoms with Crippen molar-refractivity contribution in [2.45, 2.75) is 17.3 Å². The van der Waals surface area contributed by atoms with Crippen LogP contribution < -0.4 is 4.72 Å². The molecule has 0 atom stereocenters. The topological polar surface area (TPSA) is 59.1 Å². The van der Waals surface area contributed by atoms with Gasteiger partial charge in [0.05, 0.1) is 0 Å². The number of pyridine rings is 1. The van der Waals surface area contributed by atoms with Crippen LogP contribution in [0.4, 0.5) is 19.0 Å². The van der Waals surface area contributed by atoms with Crippen LogP contribution in [0.2, 0.25) is 0 Å². The van der Waals surface area contributed by atoms with E-state index in [0.29, 0.717) is 0 Å². The average molecular weight is 322 g/mol. The van der Waals surface area contributed by atoms with E-state index >= 15 is 0 Å². The minimum Gasteiger partial charge on any atom is -0.263 e. The zero-order valence-electron chi connectivity index (χ0n) is 10.1. The largest absolute Gasteiger partial charge is 0.433 e. The maximum Gasteiger partial charge on any atom is 0.433 e. The number of hydrogen-bond donors (Lipinski definition) is 1. The van der Waals surface area contributed by atoms with Crippen molar-refractivity contribution >= 4 is 27.2 Å². The van der Waals surface area contributed by atoms with E-state index in [1.807, 2.05) is 4.72 Å². The lowest BCUT2D eigenvalue weighted by atomic mass is 10.3. The van der Waals surface area contributed by atoms with Gasteiger partial charge >= 0.3 is 6.18 Å². The molecule has 0 aliphatic rings. The van der Waals surface area contributed by atoms with E-state index in [0.717, 1.165) is 34.4 Å². The maximum absolute atomic E-state index is 12.5. The molecule has 4 nitrogen and oxygen atoms in total. The Kier molecular flexibility index (Phi) is 3.74. The summed E-state index contributed by atoms with van der Waals surface area (Å²) in [6.45, 7) is 1.73. The number of thiophene rings is 1. The minimum atomic E-state index is -4.62. The predicted molar refractivity (Wildman–Crippen MR) is 69.1 cm³/mol. The van der Waals surface area contributed by atoms with Gasteiger partial charge in [0.1, 0.15) is 15.7 Å². The van der Waals surface area contributed by atoms with Gasteiger partial charge < -0.3 is 0 Å². The van der Waals surface area contributed by atoms with Gasteiger partial charge in [-0.2, -0.15) is 13.2 Å². The molecule has 0 amide bonds. The van der Waals surface area contributed by atoms with E-state index < -0.39 is 21.9 Å². The summed E-state index contributed by atoms with van der Waals surface area (Å²) in [5.74, 6) is -0.370. The molecule has 0 radical (unpaired) electrons. The van der Waals surface area contributed by atoms with E-state index in [2.05, 4.69) is 4.98 Å². The van der Waals surface area contributed by atoms with Crippen LogP contribution in [0.15, 0.2) is 34.5 Å². The highest BCUT2D eigenvalue weighted by Gasteiger charge is 2.32. The number of sulfonamides is 1. The third-order valence-electron chi connectivity index (χ3n) is 2.26. The van der Waals surface area contributed by atoms with Gasteiger partial charge in [0, 0.05) is 4.88 Å². The first kappa shape index (κ1) is 14.8. The van der Waals surface area contributed by atoms with Crippen molar-refractivity contribution in [1.29, 1.82) is 0 Å². The highest BCUT2D eigenvalue weighted by Crippen LogP contribution is 2.29. The molecule has 20 heavy (non-hydrogen) atoms. The lowest BCUT2D eigenvalue weighted by Gasteiger charge is -2.09. The number of halogens is 3. The number of anilines is 1. The van der Waals surface area contributed by atoms with Gasteiger partial charge in [0.25, 0.3) is 10.0 Å². The van der Waals surface area contributed by atoms with Crippen LogP contribution in [0, 0.1) is 6.92 Å². The molecule has 0 aliphatic heterocycles. The van der Waals surface area contributed by atoms with Gasteiger partial charge in [0.15, 0.2) is 0 Å². The second-order valence-corrected chi connectivity index (χ2v) is 7.07. The fraction of sp³-hybridized carbons (Fsp3) is 0.182. The predicted octanol–water partition coefficient (Wildman–Crippen LogP) is 3.27. The molecule has 0 saturated carbocycles. The molecule has 0 spiro atoms. The number of nitrogens with zero attached hydrogens (tertiary/aromatic N) is 1.